The highest BCUT2D eigenvalue weighted by atomic mass is 28.3. The fourth-order valence-corrected chi connectivity index (χ4v) is 5.32. The topological polar surface area (TPSA) is 12.9 Å². The molecule has 0 saturated heterocycles. The fraction of sp³-hybridized carbons (Fsp3) is 0.100. The van der Waals surface area contributed by atoms with Crippen LogP contribution >= 0.6 is 0 Å². The van der Waals surface area contributed by atoms with Crippen molar-refractivity contribution in [3.8, 4) is 33.4 Å². The van der Waals surface area contributed by atoms with Crippen molar-refractivity contribution in [2.24, 2.45) is 0 Å². The van der Waals surface area contributed by atoms with Crippen LogP contribution in [0.1, 0.15) is 0 Å². The van der Waals surface area contributed by atoms with E-state index >= 15 is 0 Å². The van der Waals surface area contributed by atoms with Crippen molar-refractivity contribution in [2.75, 3.05) is 0 Å². The molecule has 0 aliphatic rings. The van der Waals surface area contributed by atoms with Crippen LogP contribution in [0, 0.1) is 0 Å². The van der Waals surface area contributed by atoms with E-state index in [2.05, 4.69) is 116 Å². The molecule has 0 amide bonds. The standard InChI is InChI=1S/C30H27NSi/c1-32(2,3)30-16-14-23(15-17-30)26-11-13-27-19-25(10-12-28(27)20-26)22-6-8-24(9-7-22)29-5-4-18-31-21-29/h4-21H,1-3H3. The second-order valence-corrected chi connectivity index (χ2v) is 14.5. The first-order valence-electron chi connectivity index (χ1n) is 11.1. The Morgan fingerprint density at radius 2 is 0.969 bits per heavy atom. The largest absolute Gasteiger partial charge is 0.264 e. The monoisotopic (exact) mass is 429 g/mol. The molecule has 0 bridgehead atoms. The third kappa shape index (κ3) is 4.14. The van der Waals surface area contributed by atoms with Crippen molar-refractivity contribution in [1.29, 1.82) is 0 Å². The molecule has 1 nitrogen and oxygen atoms in total. The van der Waals surface area contributed by atoms with Gasteiger partial charge in [0.1, 0.15) is 0 Å². The molecule has 2 heteroatoms. The Balaban J connectivity index is 1.43. The van der Waals surface area contributed by atoms with Gasteiger partial charge in [-0.05, 0) is 62.4 Å². The van der Waals surface area contributed by atoms with E-state index in [-0.39, 0.29) is 0 Å². The van der Waals surface area contributed by atoms with Crippen LogP contribution in [-0.4, -0.2) is 13.1 Å². The van der Waals surface area contributed by atoms with Gasteiger partial charge in [-0.25, -0.2) is 0 Å². The van der Waals surface area contributed by atoms with Crippen molar-refractivity contribution < 1.29 is 0 Å². The minimum Gasteiger partial charge on any atom is -0.264 e. The van der Waals surface area contributed by atoms with Gasteiger partial charge in [-0.1, -0.05) is 104 Å². The van der Waals surface area contributed by atoms with E-state index in [0.29, 0.717) is 0 Å². The molecule has 156 valence electrons. The maximum absolute atomic E-state index is 4.22. The van der Waals surface area contributed by atoms with E-state index in [9.17, 15) is 0 Å². The normalized spacial score (nSPS) is 11.6. The molecule has 0 atom stereocenters. The molecule has 0 fully saturated rings. The molecule has 0 saturated carbocycles. The van der Waals surface area contributed by atoms with Crippen LogP contribution in [-0.2, 0) is 0 Å². The van der Waals surface area contributed by atoms with Gasteiger partial charge < -0.3 is 0 Å². The Bertz CT molecular complexity index is 1360. The van der Waals surface area contributed by atoms with Crippen molar-refractivity contribution in [3.63, 3.8) is 0 Å². The molecule has 5 aromatic rings. The molecule has 0 unspecified atom stereocenters. The molecule has 0 radical (unpaired) electrons. The predicted octanol–water partition coefficient (Wildman–Crippen LogP) is 7.78. The van der Waals surface area contributed by atoms with Gasteiger partial charge in [0.25, 0.3) is 0 Å². The molecule has 0 aliphatic heterocycles. The highest BCUT2D eigenvalue weighted by Gasteiger charge is 2.15. The minimum atomic E-state index is -1.27. The Morgan fingerprint density at radius 1 is 0.500 bits per heavy atom. The van der Waals surface area contributed by atoms with Gasteiger partial charge in [0.15, 0.2) is 0 Å². The van der Waals surface area contributed by atoms with E-state index in [1.807, 2.05) is 12.3 Å². The second-order valence-electron chi connectivity index (χ2n) is 9.42. The van der Waals surface area contributed by atoms with Crippen LogP contribution in [0.2, 0.25) is 19.6 Å². The summed E-state index contributed by atoms with van der Waals surface area (Å²) in [6.07, 6.45) is 3.71. The first kappa shape index (κ1) is 20.4. The van der Waals surface area contributed by atoms with Crippen molar-refractivity contribution >= 4 is 24.0 Å². The number of aromatic nitrogens is 1. The predicted molar refractivity (Wildman–Crippen MR) is 141 cm³/mol. The highest BCUT2D eigenvalue weighted by Crippen LogP contribution is 2.30. The zero-order valence-electron chi connectivity index (χ0n) is 18.8. The summed E-state index contributed by atoms with van der Waals surface area (Å²) in [4.78, 5) is 4.22. The summed E-state index contributed by atoms with van der Waals surface area (Å²) < 4.78 is 0. The summed E-state index contributed by atoms with van der Waals surface area (Å²) in [5.74, 6) is 0. The summed E-state index contributed by atoms with van der Waals surface area (Å²) in [5, 5.41) is 4.04. The summed E-state index contributed by atoms with van der Waals surface area (Å²) >= 11 is 0. The number of hydrogen-bond acceptors (Lipinski definition) is 1. The zero-order valence-corrected chi connectivity index (χ0v) is 19.8. The Labute approximate surface area is 191 Å². The smallest absolute Gasteiger partial charge is 0.0775 e. The van der Waals surface area contributed by atoms with Crippen LogP contribution in [0.15, 0.2) is 109 Å². The Hall–Kier alpha value is -3.49. The third-order valence-corrected chi connectivity index (χ3v) is 8.20. The summed E-state index contributed by atoms with van der Waals surface area (Å²) in [6, 6.07) is 35.5. The van der Waals surface area contributed by atoms with Gasteiger partial charge in [-0.2, -0.15) is 0 Å². The number of pyridine rings is 1. The number of hydrogen-bond donors (Lipinski definition) is 0. The van der Waals surface area contributed by atoms with Crippen molar-refractivity contribution in [3.05, 3.63) is 109 Å². The third-order valence-electron chi connectivity index (χ3n) is 6.14. The first-order valence-corrected chi connectivity index (χ1v) is 14.6. The average molecular weight is 430 g/mol. The van der Waals surface area contributed by atoms with E-state index in [4.69, 9.17) is 0 Å². The van der Waals surface area contributed by atoms with Crippen LogP contribution in [0.4, 0.5) is 0 Å². The van der Waals surface area contributed by atoms with Gasteiger partial charge in [-0.15, -0.1) is 0 Å². The van der Waals surface area contributed by atoms with Crippen LogP contribution in [0.25, 0.3) is 44.2 Å². The van der Waals surface area contributed by atoms with Crippen LogP contribution in [0.5, 0.6) is 0 Å². The van der Waals surface area contributed by atoms with E-state index in [0.717, 1.165) is 5.56 Å². The van der Waals surface area contributed by atoms with Crippen LogP contribution < -0.4 is 5.19 Å². The lowest BCUT2D eigenvalue weighted by Crippen LogP contribution is -2.37. The molecule has 32 heavy (non-hydrogen) atoms. The maximum Gasteiger partial charge on any atom is 0.0775 e. The molecule has 5 rings (SSSR count). The van der Waals surface area contributed by atoms with Gasteiger partial charge in [0.2, 0.25) is 0 Å². The van der Waals surface area contributed by atoms with Crippen LogP contribution in [0.3, 0.4) is 0 Å². The van der Waals surface area contributed by atoms with E-state index < -0.39 is 8.07 Å². The molecule has 0 N–H and O–H groups in total. The maximum atomic E-state index is 4.22. The molecule has 1 heterocycles. The zero-order chi connectivity index (χ0) is 22.1. The lowest BCUT2D eigenvalue weighted by molar-refractivity contribution is 1.33. The van der Waals surface area contributed by atoms with Gasteiger partial charge in [0, 0.05) is 12.4 Å². The Morgan fingerprint density at radius 3 is 1.44 bits per heavy atom. The average Bonchev–Trinajstić information content (AvgIpc) is 2.83. The fourth-order valence-electron chi connectivity index (χ4n) is 4.16. The first-order chi connectivity index (χ1) is 15.5. The molecule has 0 aliphatic carbocycles. The molecular weight excluding hydrogens is 402 g/mol. The molecule has 4 aromatic carbocycles. The SMILES string of the molecule is C[Si](C)(C)c1ccc(-c2ccc3cc(-c4ccc(-c5cccnc5)cc4)ccc3c2)cc1. The van der Waals surface area contributed by atoms with Gasteiger partial charge in [0.05, 0.1) is 8.07 Å². The molecular formula is C30H27NSi. The molecule has 0 spiro atoms. The minimum absolute atomic E-state index is 1.14. The number of rotatable bonds is 4. The number of fused-ring (bicyclic) bond motifs is 1. The summed E-state index contributed by atoms with van der Waals surface area (Å²) in [5.41, 5.74) is 7.35. The van der Waals surface area contributed by atoms with E-state index in [1.54, 1.807) is 6.20 Å². The lowest BCUT2D eigenvalue weighted by Gasteiger charge is -2.17. The second kappa shape index (κ2) is 8.21. The highest BCUT2D eigenvalue weighted by molar-refractivity contribution is 6.88. The van der Waals surface area contributed by atoms with Crippen molar-refractivity contribution in [1.82, 2.24) is 4.98 Å². The number of nitrogens with zero attached hydrogens (tertiary/aromatic N) is 1. The number of benzene rings is 4. The summed E-state index contributed by atoms with van der Waals surface area (Å²) in [6.45, 7) is 7.17. The van der Waals surface area contributed by atoms with E-state index in [1.165, 1.54) is 43.8 Å². The van der Waals surface area contributed by atoms with Gasteiger partial charge >= 0.3 is 0 Å². The van der Waals surface area contributed by atoms with Gasteiger partial charge in [-0.3, -0.25) is 4.98 Å². The molecule has 1 aromatic heterocycles. The van der Waals surface area contributed by atoms with Crippen molar-refractivity contribution in [2.45, 2.75) is 19.6 Å². The Kier molecular flexibility index (Phi) is 5.24. The quantitative estimate of drug-likeness (QED) is 0.266. The summed E-state index contributed by atoms with van der Waals surface area (Å²) in [7, 11) is -1.27. The lowest BCUT2D eigenvalue weighted by atomic mass is 9.97.